The highest BCUT2D eigenvalue weighted by molar-refractivity contribution is 6.44. The zero-order chi connectivity index (χ0) is 10.6. The Morgan fingerprint density at radius 1 is 1.14 bits per heavy atom. The Kier molecular flexibility index (Phi) is 11.2. The minimum atomic E-state index is -1.00. The van der Waals surface area contributed by atoms with Crippen LogP contribution in [0.1, 0.15) is 20.3 Å². The van der Waals surface area contributed by atoms with Crippen LogP contribution in [0.5, 0.6) is 0 Å². The Bertz CT molecular complexity index is 111. The number of hydrogen-bond acceptors (Lipinski definition) is 4. The predicted octanol–water partition coefficient (Wildman–Crippen LogP) is 0.486. The first-order valence-corrected chi connectivity index (χ1v) is 6.89. The van der Waals surface area contributed by atoms with Crippen molar-refractivity contribution >= 4 is 9.28 Å². The van der Waals surface area contributed by atoms with Crippen molar-refractivity contribution in [2.45, 2.75) is 26.3 Å². The maximum atomic E-state index is 5.52. The van der Waals surface area contributed by atoms with Gasteiger partial charge in [-0.05, 0) is 32.9 Å². The lowest BCUT2D eigenvalue weighted by Gasteiger charge is -2.12. The van der Waals surface area contributed by atoms with Crippen LogP contribution in [0.4, 0.5) is 0 Å². The first kappa shape index (κ1) is 14.1. The van der Waals surface area contributed by atoms with Crippen LogP contribution in [0.3, 0.4) is 0 Å². The first-order chi connectivity index (χ1) is 6.85. The lowest BCUT2D eigenvalue weighted by molar-refractivity contribution is 0.213. The standard InChI is InChI=1S/C9H23N2O2Si/c1-3-12-14(13-4-2)9-5-7-11-8-6-10/h11H,3-10H2,1-2H3. The van der Waals surface area contributed by atoms with E-state index in [9.17, 15) is 0 Å². The van der Waals surface area contributed by atoms with Gasteiger partial charge in [-0.3, -0.25) is 0 Å². The van der Waals surface area contributed by atoms with Crippen molar-refractivity contribution in [1.29, 1.82) is 0 Å². The fourth-order valence-electron chi connectivity index (χ4n) is 1.09. The van der Waals surface area contributed by atoms with E-state index < -0.39 is 9.28 Å². The van der Waals surface area contributed by atoms with Crippen molar-refractivity contribution < 1.29 is 8.85 Å². The van der Waals surface area contributed by atoms with Crippen LogP contribution >= 0.6 is 0 Å². The zero-order valence-electron chi connectivity index (χ0n) is 9.34. The molecule has 0 unspecified atom stereocenters. The second kappa shape index (κ2) is 11.1. The van der Waals surface area contributed by atoms with Gasteiger partial charge in [0.15, 0.2) is 0 Å². The summed E-state index contributed by atoms with van der Waals surface area (Å²) < 4.78 is 11.0. The molecule has 0 spiro atoms. The van der Waals surface area contributed by atoms with Crippen LogP contribution in [-0.2, 0) is 8.85 Å². The molecule has 4 nitrogen and oxygen atoms in total. The van der Waals surface area contributed by atoms with Crippen LogP contribution in [-0.4, -0.2) is 42.1 Å². The summed E-state index contributed by atoms with van der Waals surface area (Å²) >= 11 is 0. The molecular formula is C9H23N2O2Si. The van der Waals surface area contributed by atoms with Crippen LogP contribution in [0, 0.1) is 0 Å². The molecular weight excluding hydrogens is 196 g/mol. The van der Waals surface area contributed by atoms with E-state index >= 15 is 0 Å². The van der Waals surface area contributed by atoms with Crippen LogP contribution in [0.2, 0.25) is 6.04 Å². The highest BCUT2D eigenvalue weighted by Gasteiger charge is 2.13. The molecule has 0 amide bonds. The van der Waals surface area contributed by atoms with Crippen molar-refractivity contribution in [2.24, 2.45) is 5.73 Å². The average Bonchev–Trinajstić information content (AvgIpc) is 2.18. The van der Waals surface area contributed by atoms with E-state index in [1.54, 1.807) is 0 Å². The zero-order valence-corrected chi connectivity index (χ0v) is 10.3. The van der Waals surface area contributed by atoms with Gasteiger partial charge in [-0.15, -0.1) is 0 Å². The van der Waals surface area contributed by atoms with Gasteiger partial charge in [-0.1, -0.05) is 0 Å². The molecule has 0 aliphatic rings. The molecule has 0 aromatic heterocycles. The largest absolute Gasteiger partial charge is 0.394 e. The van der Waals surface area contributed by atoms with Crippen molar-refractivity contribution in [2.75, 3.05) is 32.8 Å². The van der Waals surface area contributed by atoms with E-state index in [4.69, 9.17) is 14.6 Å². The van der Waals surface area contributed by atoms with E-state index in [-0.39, 0.29) is 0 Å². The summed E-state index contributed by atoms with van der Waals surface area (Å²) in [5.41, 5.74) is 5.36. The van der Waals surface area contributed by atoms with Crippen molar-refractivity contribution in [1.82, 2.24) is 5.32 Å². The van der Waals surface area contributed by atoms with E-state index in [1.807, 2.05) is 13.8 Å². The Labute approximate surface area is 89.0 Å². The molecule has 0 saturated carbocycles. The number of nitrogens with one attached hydrogen (secondary N) is 1. The smallest absolute Gasteiger partial charge is 0.384 e. The summed E-state index contributed by atoms with van der Waals surface area (Å²) in [4.78, 5) is 0. The summed E-state index contributed by atoms with van der Waals surface area (Å²) in [7, 11) is -1.00. The Balaban J connectivity index is 3.30. The summed E-state index contributed by atoms with van der Waals surface area (Å²) in [6.07, 6.45) is 1.11. The van der Waals surface area contributed by atoms with Gasteiger partial charge >= 0.3 is 9.28 Å². The number of hydrogen-bond donors (Lipinski definition) is 2. The molecule has 0 bridgehead atoms. The maximum Gasteiger partial charge on any atom is 0.384 e. The van der Waals surface area contributed by atoms with Crippen LogP contribution in [0.25, 0.3) is 0 Å². The van der Waals surface area contributed by atoms with Gasteiger partial charge in [0.1, 0.15) is 0 Å². The lowest BCUT2D eigenvalue weighted by atomic mass is 10.5. The fourth-order valence-corrected chi connectivity index (χ4v) is 2.57. The van der Waals surface area contributed by atoms with Gasteiger partial charge in [0.2, 0.25) is 0 Å². The molecule has 0 aromatic carbocycles. The molecule has 5 heteroatoms. The Hall–Kier alpha value is 0.0569. The third kappa shape index (κ3) is 8.65. The molecule has 0 fully saturated rings. The minimum absolute atomic E-state index is 0.703. The second-order valence-electron chi connectivity index (χ2n) is 2.88. The molecule has 1 radical (unpaired) electrons. The van der Waals surface area contributed by atoms with E-state index in [2.05, 4.69) is 5.32 Å². The molecule has 3 N–H and O–H groups in total. The molecule has 0 aliphatic carbocycles. The molecule has 14 heavy (non-hydrogen) atoms. The third-order valence-electron chi connectivity index (χ3n) is 1.67. The Morgan fingerprint density at radius 3 is 2.29 bits per heavy atom. The van der Waals surface area contributed by atoms with Gasteiger partial charge in [0.25, 0.3) is 0 Å². The molecule has 0 aliphatic heterocycles. The summed E-state index contributed by atoms with van der Waals surface area (Å²) in [5, 5.41) is 3.25. The average molecular weight is 219 g/mol. The fraction of sp³-hybridized carbons (Fsp3) is 1.00. The third-order valence-corrected chi connectivity index (χ3v) is 3.65. The van der Waals surface area contributed by atoms with Gasteiger partial charge < -0.3 is 19.9 Å². The van der Waals surface area contributed by atoms with Crippen molar-refractivity contribution in [3.05, 3.63) is 0 Å². The van der Waals surface area contributed by atoms with E-state index in [0.29, 0.717) is 6.54 Å². The van der Waals surface area contributed by atoms with Crippen molar-refractivity contribution in [3.8, 4) is 0 Å². The maximum absolute atomic E-state index is 5.52. The van der Waals surface area contributed by atoms with Gasteiger partial charge in [0, 0.05) is 26.3 Å². The summed E-state index contributed by atoms with van der Waals surface area (Å²) in [6, 6.07) is 1.05. The van der Waals surface area contributed by atoms with E-state index in [0.717, 1.165) is 38.8 Å². The summed E-state index contributed by atoms with van der Waals surface area (Å²) in [6.45, 7) is 8.13. The minimum Gasteiger partial charge on any atom is -0.394 e. The predicted molar refractivity (Wildman–Crippen MR) is 60.4 cm³/mol. The second-order valence-corrected chi connectivity index (χ2v) is 4.70. The number of rotatable bonds is 10. The van der Waals surface area contributed by atoms with Gasteiger partial charge in [0.05, 0.1) is 0 Å². The quantitative estimate of drug-likeness (QED) is 0.415. The Morgan fingerprint density at radius 2 is 1.79 bits per heavy atom. The SMILES string of the molecule is CCO[Si](CCCNCCN)OCC. The van der Waals surface area contributed by atoms with Crippen LogP contribution in [0.15, 0.2) is 0 Å². The molecule has 0 saturated heterocycles. The molecule has 0 rings (SSSR count). The highest BCUT2D eigenvalue weighted by atomic mass is 28.3. The monoisotopic (exact) mass is 219 g/mol. The number of nitrogens with two attached hydrogens (primary N) is 1. The normalized spacial score (nSPS) is 11.1. The molecule has 0 atom stereocenters. The summed E-state index contributed by atoms with van der Waals surface area (Å²) in [5.74, 6) is 0. The molecule has 85 valence electrons. The molecule has 0 aromatic rings. The van der Waals surface area contributed by atoms with E-state index in [1.165, 1.54) is 0 Å². The molecule has 0 heterocycles. The first-order valence-electron chi connectivity index (χ1n) is 5.37. The topological polar surface area (TPSA) is 56.5 Å². The van der Waals surface area contributed by atoms with Gasteiger partial charge in [-0.2, -0.15) is 0 Å². The lowest BCUT2D eigenvalue weighted by Crippen LogP contribution is -2.27. The van der Waals surface area contributed by atoms with Crippen LogP contribution < -0.4 is 11.1 Å². The van der Waals surface area contributed by atoms with Gasteiger partial charge in [-0.25, -0.2) is 0 Å². The highest BCUT2D eigenvalue weighted by Crippen LogP contribution is 2.00. The van der Waals surface area contributed by atoms with Crippen molar-refractivity contribution in [3.63, 3.8) is 0 Å².